The quantitative estimate of drug-likeness (QED) is 0.774. The number of hydrogen-bond acceptors (Lipinski definition) is 2. The fourth-order valence-corrected chi connectivity index (χ4v) is 2.83. The van der Waals surface area contributed by atoms with Crippen molar-refractivity contribution in [1.82, 2.24) is 9.47 Å². The zero-order chi connectivity index (χ0) is 17.1. The van der Waals surface area contributed by atoms with Crippen LogP contribution in [-0.2, 0) is 6.54 Å². The Morgan fingerprint density at radius 1 is 1.39 bits per heavy atom. The van der Waals surface area contributed by atoms with Gasteiger partial charge < -0.3 is 14.2 Å². The molecule has 0 saturated heterocycles. The van der Waals surface area contributed by atoms with Gasteiger partial charge in [0, 0.05) is 30.3 Å². The van der Waals surface area contributed by atoms with Crippen LogP contribution in [0, 0.1) is 5.82 Å². The molecule has 0 spiro atoms. The summed E-state index contributed by atoms with van der Waals surface area (Å²) in [7, 11) is 3.13. The van der Waals surface area contributed by atoms with Crippen LogP contribution in [0.15, 0.2) is 34.9 Å². The van der Waals surface area contributed by atoms with Crippen LogP contribution in [0.3, 0.4) is 0 Å². The van der Waals surface area contributed by atoms with Gasteiger partial charge in [-0.3, -0.25) is 4.79 Å². The average Bonchev–Trinajstić information content (AvgIpc) is 2.89. The zero-order valence-corrected chi connectivity index (χ0v) is 15.2. The van der Waals surface area contributed by atoms with Crippen molar-refractivity contribution in [2.45, 2.75) is 26.4 Å². The van der Waals surface area contributed by atoms with E-state index in [4.69, 9.17) is 4.74 Å². The lowest BCUT2D eigenvalue weighted by Crippen LogP contribution is -2.28. The molecule has 0 radical (unpaired) electrons. The highest BCUT2D eigenvalue weighted by molar-refractivity contribution is 9.10. The Kier molecular flexibility index (Phi) is 5.46. The molecule has 0 N–H and O–H groups in total. The molecule has 23 heavy (non-hydrogen) atoms. The third kappa shape index (κ3) is 3.93. The van der Waals surface area contributed by atoms with Crippen molar-refractivity contribution in [2.75, 3.05) is 14.2 Å². The van der Waals surface area contributed by atoms with Gasteiger partial charge in [0.15, 0.2) is 11.6 Å². The Morgan fingerprint density at radius 3 is 2.65 bits per heavy atom. The van der Waals surface area contributed by atoms with E-state index in [-0.39, 0.29) is 17.7 Å². The fourth-order valence-electron chi connectivity index (χ4n) is 2.39. The molecule has 2 rings (SSSR count). The topological polar surface area (TPSA) is 34.5 Å². The molecule has 1 aromatic carbocycles. The van der Waals surface area contributed by atoms with E-state index in [1.807, 2.05) is 24.6 Å². The van der Waals surface area contributed by atoms with Crippen LogP contribution in [0.5, 0.6) is 5.75 Å². The molecule has 0 bridgehead atoms. The normalized spacial score (nSPS) is 10.9. The average molecular weight is 383 g/mol. The Morgan fingerprint density at radius 2 is 2.09 bits per heavy atom. The molecule has 124 valence electrons. The first-order chi connectivity index (χ1) is 10.8. The van der Waals surface area contributed by atoms with Gasteiger partial charge in [-0.05, 0) is 53.5 Å². The molecular formula is C17H20BrFN2O2. The van der Waals surface area contributed by atoms with E-state index < -0.39 is 5.82 Å². The SMILES string of the molecule is COc1ccc(CN(C)C(=O)c2cc(Br)cn2C(C)C)cc1F. The fraction of sp³-hybridized carbons (Fsp3) is 0.353. The van der Waals surface area contributed by atoms with Gasteiger partial charge in [0.2, 0.25) is 0 Å². The Labute approximate surface area is 144 Å². The van der Waals surface area contributed by atoms with Crippen molar-refractivity contribution < 1.29 is 13.9 Å². The standard InChI is InChI=1S/C17H20BrFN2O2/c1-11(2)21-10-13(18)8-15(21)17(22)20(3)9-12-5-6-16(23-4)14(19)7-12/h5-8,10-11H,9H2,1-4H3. The van der Waals surface area contributed by atoms with Gasteiger partial charge in [-0.15, -0.1) is 0 Å². The highest BCUT2D eigenvalue weighted by atomic mass is 79.9. The summed E-state index contributed by atoms with van der Waals surface area (Å²) in [6.45, 7) is 4.35. The minimum atomic E-state index is -0.431. The first-order valence-electron chi connectivity index (χ1n) is 7.28. The van der Waals surface area contributed by atoms with E-state index in [9.17, 15) is 9.18 Å². The maximum Gasteiger partial charge on any atom is 0.270 e. The van der Waals surface area contributed by atoms with Crippen LogP contribution in [0.4, 0.5) is 4.39 Å². The molecule has 1 amide bonds. The van der Waals surface area contributed by atoms with Gasteiger partial charge in [0.05, 0.1) is 7.11 Å². The first-order valence-corrected chi connectivity index (χ1v) is 8.08. The van der Waals surface area contributed by atoms with Crippen molar-refractivity contribution in [3.8, 4) is 5.75 Å². The van der Waals surface area contributed by atoms with Gasteiger partial charge in [0.25, 0.3) is 5.91 Å². The maximum absolute atomic E-state index is 13.8. The van der Waals surface area contributed by atoms with E-state index in [1.54, 1.807) is 30.1 Å². The third-order valence-electron chi connectivity index (χ3n) is 3.57. The summed E-state index contributed by atoms with van der Waals surface area (Å²) < 4.78 is 21.4. The number of nitrogens with zero attached hydrogens (tertiary/aromatic N) is 2. The molecule has 0 fully saturated rings. The smallest absolute Gasteiger partial charge is 0.270 e. The minimum absolute atomic E-state index is 0.111. The van der Waals surface area contributed by atoms with Gasteiger partial charge in [-0.2, -0.15) is 0 Å². The van der Waals surface area contributed by atoms with Crippen molar-refractivity contribution in [3.05, 3.63) is 52.0 Å². The lowest BCUT2D eigenvalue weighted by Gasteiger charge is -2.20. The number of amides is 1. The van der Waals surface area contributed by atoms with Gasteiger partial charge in [-0.25, -0.2) is 4.39 Å². The predicted octanol–water partition coefficient (Wildman–Crippen LogP) is 4.25. The highest BCUT2D eigenvalue weighted by Crippen LogP contribution is 2.22. The summed E-state index contributed by atoms with van der Waals surface area (Å²) in [6.07, 6.45) is 1.89. The number of halogens is 2. The highest BCUT2D eigenvalue weighted by Gasteiger charge is 2.19. The minimum Gasteiger partial charge on any atom is -0.494 e. The number of ether oxygens (including phenoxy) is 1. The second-order valence-electron chi connectivity index (χ2n) is 5.67. The van der Waals surface area contributed by atoms with Crippen LogP contribution in [-0.4, -0.2) is 29.5 Å². The van der Waals surface area contributed by atoms with Crippen LogP contribution in [0.2, 0.25) is 0 Å². The number of methoxy groups -OCH3 is 1. The van der Waals surface area contributed by atoms with Crippen molar-refractivity contribution in [3.63, 3.8) is 0 Å². The number of carbonyl (C=O) groups excluding carboxylic acids is 1. The monoisotopic (exact) mass is 382 g/mol. The van der Waals surface area contributed by atoms with E-state index in [0.717, 1.165) is 4.47 Å². The largest absolute Gasteiger partial charge is 0.494 e. The summed E-state index contributed by atoms with van der Waals surface area (Å²) in [6, 6.07) is 6.68. The molecule has 0 saturated carbocycles. The van der Waals surface area contributed by atoms with Crippen molar-refractivity contribution in [1.29, 1.82) is 0 Å². The Bertz CT molecular complexity index is 713. The molecule has 0 atom stereocenters. The molecule has 4 nitrogen and oxygen atoms in total. The summed E-state index contributed by atoms with van der Waals surface area (Å²) in [5, 5.41) is 0. The van der Waals surface area contributed by atoms with E-state index in [0.29, 0.717) is 17.8 Å². The zero-order valence-electron chi connectivity index (χ0n) is 13.6. The second-order valence-corrected chi connectivity index (χ2v) is 6.59. The third-order valence-corrected chi connectivity index (χ3v) is 4.01. The Hall–Kier alpha value is -1.82. The van der Waals surface area contributed by atoms with E-state index in [1.165, 1.54) is 13.2 Å². The van der Waals surface area contributed by atoms with Crippen molar-refractivity contribution in [2.24, 2.45) is 0 Å². The van der Waals surface area contributed by atoms with Gasteiger partial charge in [0.1, 0.15) is 5.69 Å². The van der Waals surface area contributed by atoms with Crippen LogP contribution in [0.1, 0.15) is 35.9 Å². The van der Waals surface area contributed by atoms with Crippen LogP contribution >= 0.6 is 15.9 Å². The molecule has 0 aliphatic carbocycles. The number of aromatic nitrogens is 1. The number of rotatable bonds is 5. The van der Waals surface area contributed by atoms with Crippen molar-refractivity contribution >= 4 is 21.8 Å². The Balaban J connectivity index is 2.19. The lowest BCUT2D eigenvalue weighted by molar-refractivity contribution is 0.0772. The summed E-state index contributed by atoms with van der Waals surface area (Å²) >= 11 is 3.41. The van der Waals surface area contributed by atoms with E-state index in [2.05, 4.69) is 15.9 Å². The second kappa shape index (κ2) is 7.17. The maximum atomic E-state index is 13.8. The van der Waals surface area contributed by atoms with Gasteiger partial charge in [-0.1, -0.05) is 6.07 Å². The molecule has 2 aromatic rings. The molecule has 0 aliphatic heterocycles. The van der Waals surface area contributed by atoms with Crippen LogP contribution < -0.4 is 4.74 Å². The molecule has 1 aromatic heterocycles. The molecule has 6 heteroatoms. The lowest BCUT2D eigenvalue weighted by atomic mass is 10.2. The van der Waals surface area contributed by atoms with Crippen LogP contribution in [0.25, 0.3) is 0 Å². The molecule has 0 unspecified atom stereocenters. The molecule has 1 heterocycles. The summed E-state index contributed by atoms with van der Waals surface area (Å²) in [5.41, 5.74) is 1.31. The number of benzene rings is 1. The summed E-state index contributed by atoms with van der Waals surface area (Å²) in [5.74, 6) is -0.347. The number of carbonyl (C=O) groups is 1. The summed E-state index contributed by atoms with van der Waals surface area (Å²) in [4.78, 5) is 14.2. The van der Waals surface area contributed by atoms with E-state index >= 15 is 0 Å². The number of hydrogen-bond donors (Lipinski definition) is 0. The molecular weight excluding hydrogens is 363 g/mol. The van der Waals surface area contributed by atoms with Gasteiger partial charge >= 0.3 is 0 Å². The first kappa shape index (κ1) is 17.5. The molecule has 0 aliphatic rings. The predicted molar refractivity (Wildman–Crippen MR) is 91.3 cm³/mol.